The summed E-state index contributed by atoms with van der Waals surface area (Å²) in [7, 11) is 1.63. The number of aliphatic hydroxyl groups is 1. The van der Waals surface area contributed by atoms with Crippen LogP contribution in [0, 0.1) is 0 Å². The Balaban J connectivity index is 2.49. The van der Waals surface area contributed by atoms with Gasteiger partial charge in [-0.1, -0.05) is 12.1 Å². The highest BCUT2D eigenvalue weighted by Gasteiger charge is 2.11. The first-order chi connectivity index (χ1) is 7.92. The van der Waals surface area contributed by atoms with Crippen molar-refractivity contribution in [2.24, 2.45) is 0 Å². The zero-order chi connectivity index (χ0) is 12.9. The molecule has 3 nitrogen and oxygen atoms in total. The van der Waals surface area contributed by atoms with Crippen LogP contribution in [-0.4, -0.2) is 24.3 Å². The Morgan fingerprint density at radius 1 is 1.35 bits per heavy atom. The average Bonchev–Trinajstić information content (AvgIpc) is 2.27. The van der Waals surface area contributed by atoms with E-state index in [9.17, 15) is 5.11 Å². The smallest absolute Gasteiger partial charge is 0.119 e. The summed E-state index contributed by atoms with van der Waals surface area (Å²) in [5.74, 6) is 0.783. The highest BCUT2D eigenvalue weighted by Crippen LogP contribution is 2.21. The van der Waals surface area contributed by atoms with Crippen molar-refractivity contribution < 1.29 is 9.84 Å². The highest BCUT2D eigenvalue weighted by atomic mass is 16.5. The predicted molar refractivity (Wildman–Crippen MR) is 70.3 cm³/mol. The van der Waals surface area contributed by atoms with Gasteiger partial charge in [0.2, 0.25) is 0 Å². The minimum atomic E-state index is -0.444. The summed E-state index contributed by atoms with van der Waals surface area (Å²) in [6.45, 7) is 7.14. The van der Waals surface area contributed by atoms with Gasteiger partial charge < -0.3 is 15.2 Å². The third kappa shape index (κ3) is 5.20. The molecule has 0 spiro atoms. The molecule has 0 aliphatic rings. The molecule has 3 heteroatoms. The Kier molecular flexibility index (Phi) is 4.97. The summed E-state index contributed by atoms with van der Waals surface area (Å²) >= 11 is 0. The van der Waals surface area contributed by atoms with Crippen molar-refractivity contribution in [2.45, 2.75) is 38.8 Å². The average molecular weight is 237 g/mol. The molecule has 2 N–H and O–H groups in total. The van der Waals surface area contributed by atoms with Crippen molar-refractivity contribution >= 4 is 0 Å². The maximum atomic E-state index is 10.0. The van der Waals surface area contributed by atoms with Crippen LogP contribution in [0.2, 0.25) is 0 Å². The van der Waals surface area contributed by atoms with Crippen LogP contribution in [0.3, 0.4) is 0 Å². The second-order valence-electron chi connectivity index (χ2n) is 5.26. The van der Waals surface area contributed by atoms with Gasteiger partial charge in [0.05, 0.1) is 13.2 Å². The predicted octanol–water partition coefficient (Wildman–Crippen LogP) is 2.51. The van der Waals surface area contributed by atoms with Crippen LogP contribution in [0.1, 0.15) is 38.9 Å². The van der Waals surface area contributed by atoms with E-state index in [0.29, 0.717) is 6.42 Å². The fraction of sp³-hybridized carbons (Fsp3) is 0.571. The number of benzene rings is 1. The third-order valence-corrected chi connectivity index (χ3v) is 2.55. The molecule has 0 radical (unpaired) electrons. The van der Waals surface area contributed by atoms with Crippen molar-refractivity contribution in [1.82, 2.24) is 5.32 Å². The maximum Gasteiger partial charge on any atom is 0.119 e. The van der Waals surface area contributed by atoms with E-state index in [-0.39, 0.29) is 5.54 Å². The molecular formula is C14H23NO2. The van der Waals surface area contributed by atoms with Crippen molar-refractivity contribution in [3.63, 3.8) is 0 Å². The van der Waals surface area contributed by atoms with E-state index >= 15 is 0 Å². The molecule has 0 heterocycles. The molecule has 0 aromatic heterocycles. The Morgan fingerprint density at radius 2 is 2.06 bits per heavy atom. The number of rotatable bonds is 5. The number of aliphatic hydroxyl groups excluding tert-OH is 1. The largest absolute Gasteiger partial charge is 0.497 e. The molecule has 17 heavy (non-hydrogen) atoms. The van der Waals surface area contributed by atoms with Gasteiger partial charge in [0.25, 0.3) is 0 Å². The molecule has 0 aliphatic heterocycles. The van der Waals surface area contributed by atoms with Gasteiger partial charge in [-0.2, -0.15) is 0 Å². The number of hydrogen-bond acceptors (Lipinski definition) is 3. The molecule has 0 bridgehead atoms. The Morgan fingerprint density at radius 3 is 2.65 bits per heavy atom. The second-order valence-corrected chi connectivity index (χ2v) is 5.26. The molecule has 0 aliphatic carbocycles. The van der Waals surface area contributed by atoms with Crippen molar-refractivity contribution in [2.75, 3.05) is 13.7 Å². The SMILES string of the molecule is COc1cccc(C(O)CCNC(C)(C)C)c1. The number of methoxy groups -OCH3 is 1. The van der Waals surface area contributed by atoms with E-state index in [1.54, 1.807) is 7.11 Å². The normalized spacial score (nSPS) is 13.5. The topological polar surface area (TPSA) is 41.5 Å². The van der Waals surface area contributed by atoms with Crippen LogP contribution in [-0.2, 0) is 0 Å². The van der Waals surface area contributed by atoms with E-state index in [4.69, 9.17) is 4.74 Å². The lowest BCUT2D eigenvalue weighted by molar-refractivity contribution is 0.163. The molecule has 0 saturated heterocycles. The molecule has 0 fully saturated rings. The van der Waals surface area contributed by atoms with E-state index in [1.807, 2.05) is 24.3 Å². The molecule has 96 valence electrons. The Labute approximate surface area is 104 Å². The first kappa shape index (κ1) is 14.0. The summed E-state index contributed by atoms with van der Waals surface area (Å²) in [6, 6.07) is 7.57. The van der Waals surface area contributed by atoms with E-state index in [0.717, 1.165) is 17.9 Å². The van der Waals surface area contributed by atoms with Crippen LogP contribution < -0.4 is 10.1 Å². The maximum absolute atomic E-state index is 10.0. The van der Waals surface area contributed by atoms with Crippen LogP contribution in [0.25, 0.3) is 0 Å². The summed E-state index contributed by atoms with van der Waals surface area (Å²) in [6.07, 6.45) is 0.254. The molecule has 0 amide bonds. The lowest BCUT2D eigenvalue weighted by Crippen LogP contribution is -2.36. The van der Waals surface area contributed by atoms with Crippen LogP contribution in [0.5, 0.6) is 5.75 Å². The monoisotopic (exact) mass is 237 g/mol. The molecular weight excluding hydrogens is 214 g/mol. The summed E-state index contributed by atoms with van der Waals surface area (Å²) in [4.78, 5) is 0. The quantitative estimate of drug-likeness (QED) is 0.826. The third-order valence-electron chi connectivity index (χ3n) is 2.55. The summed E-state index contributed by atoms with van der Waals surface area (Å²) in [5, 5.41) is 13.4. The molecule has 1 aromatic rings. The number of nitrogens with one attached hydrogen (secondary N) is 1. The fourth-order valence-corrected chi connectivity index (χ4v) is 1.60. The van der Waals surface area contributed by atoms with Gasteiger partial charge in [-0.05, 0) is 51.4 Å². The molecule has 1 atom stereocenters. The summed E-state index contributed by atoms with van der Waals surface area (Å²) < 4.78 is 5.14. The lowest BCUT2D eigenvalue weighted by atomic mass is 10.0. The van der Waals surface area contributed by atoms with Crippen LogP contribution in [0.4, 0.5) is 0 Å². The minimum Gasteiger partial charge on any atom is -0.497 e. The Bertz CT molecular complexity index is 344. The lowest BCUT2D eigenvalue weighted by Gasteiger charge is -2.21. The number of hydrogen-bond donors (Lipinski definition) is 2. The standard InChI is InChI=1S/C14H23NO2/c1-14(2,3)15-9-8-13(16)11-6-5-7-12(10-11)17-4/h5-7,10,13,15-16H,8-9H2,1-4H3. The zero-order valence-corrected chi connectivity index (χ0v) is 11.2. The van der Waals surface area contributed by atoms with Crippen molar-refractivity contribution in [3.05, 3.63) is 29.8 Å². The fourth-order valence-electron chi connectivity index (χ4n) is 1.60. The molecule has 1 aromatic carbocycles. The van der Waals surface area contributed by atoms with E-state index < -0.39 is 6.10 Å². The van der Waals surface area contributed by atoms with Gasteiger partial charge in [0.1, 0.15) is 5.75 Å². The van der Waals surface area contributed by atoms with E-state index in [1.165, 1.54) is 0 Å². The van der Waals surface area contributed by atoms with Gasteiger partial charge >= 0.3 is 0 Å². The minimum absolute atomic E-state index is 0.0914. The van der Waals surface area contributed by atoms with Gasteiger partial charge in [-0.25, -0.2) is 0 Å². The molecule has 1 unspecified atom stereocenters. The first-order valence-corrected chi connectivity index (χ1v) is 5.99. The number of ether oxygens (including phenoxy) is 1. The Hall–Kier alpha value is -1.06. The summed E-state index contributed by atoms with van der Waals surface area (Å²) in [5.41, 5.74) is 0.994. The highest BCUT2D eigenvalue weighted by molar-refractivity contribution is 5.29. The van der Waals surface area contributed by atoms with Crippen molar-refractivity contribution in [3.8, 4) is 5.75 Å². The van der Waals surface area contributed by atoms with Gasteiger partial charge in [-0.3, -0.25) is 0 Å². The van der Waals surface area contributed by atoms with Gasteiger partial charge in [0, 0.05) is 5.54 Å². The van der Waals surface area contributed by atoms with E-state index in [2.05, 4.69) is 26.1 Å². The van der Waals surface area contributed by atoms with Gasteiger partial charge in [0.15, 0.2) is 0 Å². The van der Waals surface area contributed by atoms with Crippen LogP contribution in [0.15, 0.2) is 24.3 Å². The molecule has 0 saturated carbocycles. The first-order valence-electron chi connectivity index (χ1n) is 5.99. The second kappa shape index (κ2) is 6.03. The van der Waals surface area contributed by atoms with Crippen molar-refractivity contribution in [1.29, 1.82) is 0 Å². The molecule has 1 rings (SSSR count). The van der Waals surface area contributed by atoms with Crippen LogP contribution >= 0.6 is 0 Å². The zero-order valence-electron chi connectivity index (χ0n) is 11.2. The van der Waals surface area contributed by atoms with Gasteiger partial charge in [-0.15, -0.1) is 0 Å².